The summed E-state index contributed by atoms with van der Waals surface area (Å²) in [5, 5.41) is 2.99. The van der Waals surface area contributed by atoms with Gasteiger partial charge in [-0.15, -0.1) is 0 Å². The lowest BCUT2D eigenvalue weighted by atomic mass is 10.1. The third-order valence-electron chi connectivity index (χ3n) is 6.36. The Hall–Kier alpha value is -4.05. The maximum absolute atomic E-state index is 14.6. The molecule has 1 aliphatic heterocycles. The lowest BCUT2D eigenvalue weighted by molar-refractivity contribution is 0.102. The minimum Gasteiger partial charge on any atom is -0.496 e. The minimum atomic E-state index is -0.536. The van der Waals surface area contributed by atoms with Crippen molar-refractivity contribution in [2.45, 2.75) is 18.9 Å². The van der Waals surface area contributed by atoms with E-state index in [0.29, 0.717) is 12.2 Å². The summed E-state index contributed by atoms with van der Waals surface area (Å²) in [6.45, 7) is 1.33. The zero-order chi connectivity index (χ0) is 24.5. The first kappa shape index (κ1) is 22.7. The standard InChI is InChI=1S/C25H26FN7O2/c1-32-14-29-22-19(32)9-8-17(23(22)33-12-4-5-15(33)13-27)31-25(34)18-10-11-28-24(30-18)21-16(26)6-3-7-20(21)35-2/h3,6-11,14-15H,4-5,12-13,27H2,1-2H3,(H,31,34)/t15-/m0/s1. The highest BCUT2D eigenvalue weighted by molar-refractivity contribution is 6.08. The summed E-state index contributed by atoms with van der Waals surface area (Å²) in [7, 11) is 3.37. The predicted octanol–water partition coefficient (Wildman–Crippen LogP) is 3.36. The van der Waals surface area contributed by atoms with E-state index in [2.05, 4.69) is 25.2 Å². The van der Waals surface area contributed by atoms with Crippen LogP contribution in [0.3, 0.4) is 0 Å². The molecule has 0 radical (unpaired) electrons. The van der Waals surface area contributed by atoms with Crippen molar-refractivity contribution < 1.29 is 13.9 Å². The molecule has 0 bridgehead atoms. The van der Waals surface area contributed by atoms with Gasteiger partial charge in [0.2, 0.25) is 0 Å². The molecule has 2 aromatic heterocycles. The van der Waals surface area contributed by atoms with Crippen LogP contribution in [0, 0.1) is 5.82 Å². The highest BCUT2D eigenvalue weighted by Crippen LogP contribution is 2.38. The van der Waals surface area contributed by atoms with Crippen LogP contribution in [0.5, 0.6) is 5.75 Å². The van der Waals surface area contributed by atoms with E-state index in [1.807, 2.05) is 23.7 Å². The van der Waals surface area contributed by atoms with E-state index >= 15 is 0 Å². The Bertz CT molecular complexity index is 1400. The second-order valence-electron chi connectivity index (χ2n) is 8.45. The second-order valence-corrected chi connectivity index (χ2v) is 8.45. The van der Waals surface area contributed by atoms with Gasteiger partial charge in [0.1, 0.15) is 22.8 Å². The molecule has 4 aromatic rings. The monoisotopic (exact) mass is 475 g/mol. The number of hydrogen-bond acceptors (Lipinski definition) is 7. The van der Waals surface area contributed by atoms with Crippen LogP contribution >= 0.6 is 0 Å². The lowest BCUT2D eigenvalue weighted by Crippen LogP contribution is -2.36. The number of halogens is 1. The number of carbonyl (C=O) groups excluding carboxylic acids is 1. The lowest BCUT2D eigenvalue weighted by Gasteiger charge is -2.28. The molecule has 10 heteroatoms. The maximum Gasteiger partial charge on any atom is 0.274 e. The van der Waals surface area contributed by atoms with Crippen molar-refractivity contribution in [2.75, 3.05) is 30.4 Å². The molecule has 5 rings (SSSR count). The highest BCUT2D eigenvalue weighted by Gasteiger charge is 2.29. The smallest absolute Gasteiger partial charge is 0.274 e. The number of hydrogen-bond donors (Lipinski definition) is 2. The number of ether oxygens (including phenoxy) is 1. The minimum absolute atomic E-state index is 0.0655. The molecule has 3 N–H and O–H groups in total. The zero-order valence-corrected chi connectivity index (χ0v) is 19.5. The van der Waals surface area contributed by atoms with Crippen LogP contribution in [0.15, 0.2) is 48.9 Å². The van der Waals surface area contributed by atoms with E-state index in [1.54, 1.807) is 12.4 Å². The van der Waals surface area contributed by atoms with Gasteiger partial charge in [-0.25, -0.2) is 19.3 Å². The van der Waals surface area contributed by atoms with Crippen molar-refractivity contribution >= 4 is 28.3 Å². The summed E-state index contributed by atoms with van der Waals surface area (Å²) in [6.07, 6.45) is 5.17. The fraction of sp³-hybridized carbons (Fsp3) is 0.280. The summed E-state index contributed by atoms with van der Waals surface area (Å²) in [5.74, 6) is -0.626. The molecule has 3 heterocycles. The van der Waals surface area contributed by atoms with Crippen molar-refractivity contribution in [2.24, 2.45) is 12.8 Å². The predicted molar refractivity (Wildman–Crippen MR) is 132 cm³/mol. The van der Waals surface area contributed by atoms with Gasteiger partial charge in [0.15, 0.2) is 5.82 Å². The zero-order valence-electron chi connectivity index (χ0n) is 19.5. The van der Waals surface area contributed by atoms with E-state index in [-0.39, 0.29) is 28.9 Å². The average Bonchev–Trinajstić information content (AvgIpc) is 3.50. The first-order valence-corrected chi connectivity index (χ1v) is 11.4. The van der Waals surface area contributed by atoms with Gasteiger partial charge in [0, 0.05) is 32.4 Å². The average molecular weight is 476 g/mol. The number of methoxy groups -OCH3 is 1. The maximum atomic E-state index is 14.6. The molecule has 35 heavy (non-hydrogen) atoms. The van der Waals surface area contributed by atoms with Gasteiger partial charge in [-0.05, 0) is 43.2 Å². The number of nitrogens with two attached hydrogens (primary N) is 1. The Kier molecular flexibility index (Phi) is 6.04. The van der Waals surface area contributed by atoms with Crippen molar-refractivity contribution in [1.82, 2.24) is 19.5 Å². The quantitative estimate of drug-likeness (QED) is 0.440. The van der Waals surface area contributed by atoms with Gasteiger partial charge >= 0.3 is 0 Å². The van der Waals surface area contributed by atoms with E-state index in [1.165, 1.54) is 31.5 Å². The molecule has 1 atom stereocenters. The molecule has 0 spiro atoms. The summed E-state index contributed by atoms with van der Waals surface area (Å²) in [5.41, 5.74) is 9.46. The van der Waals surface area contributed by atoms with Crippen molar-refractivity contribution in [3.05, 3.63) is 60.4 Å². The molecule has 1 fully saturated rings. The molecule has 9 nitrogen and oxygen atoms in total. The van der Waals surface area contributed by atoms with Gasteiger partial charge in [-0.2, -0.15) is 0 Å². The number of aromatic nitrogens is 4. The third kappa shape index (κ3) is 4.06. The van der Waals surface area contributed by atoms with Crippen LogP contribution in [0.1, 0.15) is 23.3 Å². The van der Waals surface area contributed by atoms with Gasteiger partial charge in [0.05, 0.1) is 35.9 Å². The topological polar surface area (TPSA) is 111 Å². The number of carbonyl (C=O) groups is 1. The molecule has 180 valence electrons. The molecule has 2 aromatic carbocycles. The van der Waals surface area contributed by atoms with Gasteiger partial charge in [0.25, 0.3) is 5.91 Å². The number of nitrogens with zero attached hydrogens (tertiary/aromatic N) is 5. The van der Waals surface area contributed by atoms with Crippen LogP contribution in [0.25, 0.3) is 22.4 Å². The Morgan fingerprint density at radius 1 is 1.26 bits per heavy atom. The number of benzene rings is 2. The summed E-state index contributed by atoms with van der Waals surface area (Å²) in [4.78, 5) is 28.6. The first-order valence-electron chi connectivity index (χ1n) is 11.4. The van der Waals surface area contributed by atoms with E-state index in [0.717, 1.165) is 36.1 Å². The van der Waals surface area contributed by atoms with E-state index < -0.39 is 11.7 Å². The van der Waals surface area contributed by atoms with Crippen LogP contribution < -0.4 is 20.7 Å². The number of imidazole rings is 1. The third-order valence-corrected chi connectivity index (χ3v) is 6.36. The van der Waals surface area contributed by atoms with Crippen molar-refractivity contribution in [3.8, 4) is 17.1 Å². The largest absolute Gasteiger partial charge is 0.496 e. The molecule has 0 unspecified atom stereocenters. The molecule has 0 aliphatic carbocycles. The number of nitrogens with one attached hydrogen (secondary N) is 1. The summed E-state index contributed by atoms with van der Waals surface area (Å²) < 4.78 is 21.8. The number of aryl methyl sites for hydroxylation is 1. The molecular weight excluding hydrogens is 449 g/mol. The fourth-order valence-electron chi connectivity index (χ4n) is 4.64. The van der Waals surface area contributed by atoms with Gasteiger partial charge < -0.3 is 25.3 Å². The van der Waals surface area contributed by atoms with Crippen LogP contribution in [-0.2, 0) is 7.05 Å². The Balaban J connectivity index is 1.53. The van der Waals surface area contributed by atoms with Crippen molar-refractivity contribution in [1.29, 1.82) is 0 Å². The fourth-order valence-corrected chi connectivity index (χ4v) is 4.64. The van der Waals surface area contributed by atoms with Crippen LogP contribution in [0.2, 0.25) is 0 Å². The molecular formula is C25H26FN7O2. The second kappa shape index (κ2) is 9.30. The molecule has 1 amide bonds. The number of fused-ring (bicyclic) bond motifs is 1. The molecule has 1 aliphatic rings. The number of anilines is 2. The normalized spacial score (nSPS) is 15.5. The summed E-state index contributed by atoms with van der Waals surface area (Å²) >= 11 is 0. The van der Waals surface area contributed by atoms with Crippen molar-refractivity contribution in [3.63, 3.8) is 0 Å². The van der Waals surface area contributed by atoms with Crippen LogP contribution in [-0.4, -0.2) is 51.7 Å². The molecule has 1 saturated heterocycles. The van der Waals surface area contributed by atoms with Gasteiger partial charge in [-0.1, -0.05) is 6.07 Å². The van der Waals surface area contributed by atoms with E-state index in [4.69, 9.17) is 10.5 Å². The number of amides is 1. The SMILES string of the molecule is COc1cccc(F)c1-c1nccc(C(=O)Nc2ccc3c(ncn3C)c2N2CCC[C@H]2CN)n1. The highest BCUT2D eigenvalue weighted by atomic mass is 19.1. The number of rotatable bonds is 6. The molecule has 0 saturated carbocycles. The Labute approximate surface area is 201 Å². The van der Waals surface area contributed by atoms with E-state index in [9.17, 15) is 9.18 Å². The Morgan fingerprint density at radius 2 is 2.11 bits per heavy atom. The Morgan fingerprint density at radius 3 is 2.91 bits per heavy atom. The first-order chi connectivity index (χ1) is 17.0. The summed E-state index contributed by atoms with van der Waals surface area (Å²) in [6, 6.07) is 9.90. The van der Waals surface area contributed by atoms with Gasteiger partial charge in [-0.3, -0.25) is 4.79 Å². The van der Waals surface area contributed by atoms with Crippen LogP contribution in [0.4, 0.5) is 15.8 Å².